The van der Waals surface area contributed by atoms with Crippen molar-refractivity contribution in [3.63, 3.8) is 0 Å². The van der Waals surface area contributed by atoms with E-state index in [-0.39, 0.29) is 5.91 Å². The van der Waals surface area contributed by atoms with Crippen LogP contribution in [0.5, 0.6) is 0 Å². The third-order valence-electron chi connectivity index (χ3n) is 4.48. The highest BCUT2D eigenvalue weighted by atomic mass is 35.5. The first kappa shape index (κ1) is 37.1. The fourth-order valence-corrected chi connectivity index (χ4v) is 2.63. The summed E-state index contributed by atoms with van der Waals surface area (Å²) in [5, 5.41) is 2.25. The molecule has 222 valence electrons. The second-order valence-electron chi connectivity index (χ2n) is 7.69. The highest BCUT2D eigenvalue weighted by molar-refractivity contribution is 6.66. The normalized spacial score (nSPS) is 10.5. The fraction of sp³-hybridized carbons (Fsp3) is 0.400. The Balaban J connectivity index is 0.000000577. The maximum absolute atomic E-state index is 11.2. The zero-order chi connectivity index (χ0) is 29.5. The number of nitrogens with one attached hydrogen (secondary N) is 1. The standard InChI is InChI=1S/C12H15NO2.C9H7ClO.C9H21NO4/c1-15-10-9-13-12(14)8-7-11-5-3-2-4-6-11;10-9(11)7-6-8-4-2-1-3-5-8;1-11-4-5-13-8-9-14-7-6-12-3-2-10/h2-8H,9-10H2,1H3,(H,13,14);1-7H;2-10H2,1H3/b8-7+;7-6+;. The highest BCUT2D eigenvalue weighted by Gasteiger charge is 1.93. The van der Waals surface area contributed by atoms with Crippen LogP contribution in [0.1, 0.15) is 11.1 Å². The molecule has 0 aliphatic heterocycles. The number of hydrogen-bond donors (Lipinski definition) is 2. The number of ether oxygens (including phenoxy) is 5. The summed E-state index contributed by atoms with van der Waals surface area (Å²) in [5.41, 5.74) is 7.23. The number of amides is 1. The Labute approximate surface area is 243 Å². The van der Waals surface area contributed by atoms with E-state index in [1.165, 1.54) is 12.2 Å². The monoisotopic (exact) mass is 578 g/mol. The molecular weight excluding hydrogens is 536 g/mol. The number of methoxy groups -OCH3 is 2. The van der Waals surface area contributed by atoms with Gasteiger partial charge in [-0.1, -0.05) is 66.7 Å². The molecule has 10 heteroatoms. The number of nitrogens with two attached hydrogens (primary N) is 1. The van der Waals surface area contributed by atoms with Gasteiger partial charge in [0.2, 0.25) is 11.1 Å². The zero-order valence-electron chi connectivity index (χ0n) is 23.5. The van der Waals surface area contributed by atoms with Crippen LogP contribution in [-0.2, 0) is 33.3 Å². The Kier molecular flexibility index (Phi) is 27.0. The highest BCUT2D eigenvalue weighted by Crippen LogP contribution is 2.01. The van der Waals surface area contributed by atoms with Crippen LogP contribution in [0.2, 0.25) is 0 Å². The number of halogens is 1. The first-order chi connectivity index (χ1) is 19.5. The van der Waals surface area contributed by atoms with Gasteiger partial charge in [-0.15, -0.1) is 0 Å². The summed E-state index contributed by atoms with van der Waals surface area (Å²) in [7, 11) is 3.25. The minimum absolute atomic E-state index is 0.101. The third kappa shape index (κ3) is 26.7. The van der Waals surface area contributed by atoms with Gasteiger partial charge in [-0.25, -0.2) is 0 Å². The third-order valence-corrected chi connectivity index (χ3v) is 4.60. The molecule has 0 heterocycles. The quantitative estimate of drug-likeness (QED) is 0.157. The van der Waals surface area contributed by atoms with Gasteiger partial charge in [0.25, 0.3) is 0 Å². The summed E-state index contributed by atoms with van der Waals surface area (Å²) in [6, 6.07) is 19.2. The number of carbonyl (C=O) groups is 2. The Morgan fingerprint density at radius 1 is 0.700 bits per heavy atom. The lowest BCUT2D eigenvalue weighted by Gasteiger charge is -2.05. The Bertz CT molecular complexity index is 901. The largest absolute Gasteiger partial charge is 0.383 e. The maximum atomic E-state index is 11.2. The summed E-state index contributed by atoms with van der Waals surface area (Å²) in [6.45, 7) is 5.83. The number of hydrogen-bond acceptors (Lipinski definition) is 8. The lowest BCUT2D eigenvalue weighted by atomic mass is 10.2. The smallest absolute Gasteiger partial charge is 0.245 e. The fourth-order valence-electron chi connectivity index (χ4n) is 2.56. The van der Waals surface area contributed by atoms with E-state index in [2.05, 4.69) is 5.32 Å². The van der Waals surface area contributed by atoms with Crippen molar-refractivity contribution in [2.75, 3.05) is 80.2 Å². The molecule has 2 rings (SSSR count). The van der Waals surface area contributed by atoms with Gasteiger partial charge < -0.3 is 34.7 Å². The molecule has 0 aromatic heterocycles. The molecular formula is C30H43ClN2O7. The van der Waals surface area contributed by atoms with Crippen LogP contribution < -0.4 is 11.1 Å². The van der Waals surface area contributed by atoms with E-state index in [9.17, 15) is 9.59 Å². The Morgan fingerprint density at radius 3 is 1.60 bits per heavy atom. The van der Waals surface area contributed by atoms with Crippen molar-refractivity contribution < 1.29 is 33.3 Å². The van der Waals surface area contributed by atoms with E-state index in [0.29, 0.717) is 65.9 Å². The van der Waals surface area contributed by atoms with Crippen molar-refractivity contribution in [1.29, 1.82) is 0 Å². The number of rotatable bonds is 18. The average Bonchev–Trinajstić information content (AvgIpc) is 2.98. The molecule has 0 aliphatic carbocycles. The van der Waals surface area contributed by atoms with Gasteiger partial charge in [-0.2, -0.15) is 0 Å². The second kappa shape index (κ2) is 29.1. The molecule has 0 saturated carbocycles. The molecule has 0 saturated heterocycles. The molecule has 2 aromatic carbocycles. The van der Waals surface area contributed by atoms with E-state index in [1.807, 2.05) is 60.7 Å². The summed E-state index contributed by atoms with van der Waals surface area (Å²) < 4.78 is 25.2. The van der Waals surface area contributed by atoms with Crippen LogP contribution in [0.3, 0.4) is 0 Å². The lowest BCUT2D eigenvalue weighted by molar-refractivity contribution is -0.116. The van der Waals surface area contributed by atoms with Crippen LogP contribution in [-0.4, -0.2) is 91.3 Å². The Morgan fingerprint density at radius 2 is 1.15 bits per heavy atom. The van der Waals surface area contributed by atoms with E-state index >= 15 is 0 Å². The summed E-state index contributed by atoms with van der Waals surface area (Å²) in [6.07, 6.45) is 6.30. The van der Waals surface area contributed by atoms with Crippen LogP contribution in [0.4, 0.5) is 0 Å². The molecule has 40 heavy (non-hydrogen) atoms. The van der Waals surface area contributed by atoms with Gasteiger partial charge in [0.1, 0.15) is 0 Å². The van der Waals surface area contributed by atoms with E-state index in [0.717, 1.165) is 11.1 Å². The molecule has 0 unspecified atom stereocenters. The van der Waals surface area contributed by atoms with Gasteiger partial charge in [-0.3, -0.25) is 9.59 Å². The number of allylic oxidation sites excluding steroid dienone is 1. The number of benzene rings is 2. The molecule has 2 aromatic rings. The van der Waals surface area contributed by atoms with E-state index in [1.54, 1.807) is 26.4 Å². The number of carbonyl (C=O) groups excluding carboxylic acids is 2. The first-order valence-corrected chi connectivity index (χ1v) is 13.3. The molecule has 0 aliphatic rings. The first-order valence-electron chi connectivity index (χ1n) is 12.9. The van der Waals surface area contributed by atoms with Gasteiger partial charge in [-0.05, 0) is 34.9 Å². The molecule has 1 amide bonds. The lowest BCUT2D eigenvalue weighted by Crippen LogP contribution is -2.24. The topological polar surface area (TPSA) is 118 Å². The van der Waals surface area contributed by atoms with Crippen molar-refractivity contribution in [1.82, 2.24) is 5.32 Å². The zero-order valence-corrected chi connectivity index (χ0v) is 24.2. The minimum Gasteiger partial charge on any atom is -0.383 e. The predicted molar refractivity (Wildman–Crippen MR) is 160 cm³/mol. The molecule has 0 atom stereocenters. The van der Waals surface area contributed by atoms with Crippen molar-refractivity contribution in [3.8, 4) is 0 Å². The summed E-state index contributed by atoms with van der Waals surface area (Å²) in [4.78, 5) is 21.5. The molecule has 9 nitrogen and oxygen atoms in total. The van der Waals surface area contributed by atoms with Gasteiger partial charge in [0.15, 0.2) is 0 Å². The van der Waals surface area contributed by atoms with Crippen LogP contribution in [0.15, 0.2) is 72.8 Å². The molecule has 0 spiro atoms. The van der Waals surface area contributed by atoms with E-state index < -0.39 is 5.24 Å². The maximum Gasteiger partial charge on any atom is 0.245 e. The van der Waals surface area contributed by atoms with Gasteiger partial charge >= 0.3 is 0 Å². The van der Waals surface area contributed by atoms with E-state index in [4.69, 9.17) is 41.0 Å². The Hall–Kier alpha value is -2.89. The summed E-state index contributed by atoms with van der Waals surface area (Å²) in [5.74, 6) is -0.101. The van der Waals surface area contributed by atoms with Crippen molar-refractivity contribution in [2.24, 2.45) is 5.73 Å². The molecule has 0 bridgehead atoms. The van der Waals surface area contributed by atoms with Crippen molar-refractivity contribution >= 4 is 34.9 Å². The van der Waals surface area contributed by atoms with Crippen LogP contribution >= 0.6 is 11.6 Å². The van der Waals surface area contributed by atoms with Crippen LogP contribution in [0, 0.1) is 0 Å². The van der Waals surface area contributed by atoms with Crippen molar-refractivity contribution in [3.05, 3.63) is 83.9 Å². The summed E-state index contributed by atoms with van der Waals surface area (Å²) >= 11 is 5.10. The predicted octanol–water partition coefficient (Wildman–Crippen LogP) is 3.57. The van der Waals surface area contributed by atoms with Crippen molar-refractivity contribution in [2.45, 2.75) is 0 Å². The minimum atomic E-state index is -0.450. The van der Waals surface area contributed by atoms with Crippen LogP contribution in [0.25, 0.3) is 12.2 Å². The average molecular weight is 579 g/mol. The molecule has 3 N–H and O–H groups in total. The second-order valence-corrected chi connectivity index (χ2v) is 8.07. The van der Waals surface area contributed by atoms with Gasteiger partial charge in [0.05, 0.1) is 52.9 Å². The van der Waals surface area contributed by atoms with Gasteiger partial charge in [0, 0.05) is 33.4 Å². The molecule has 0 fully saturated rings. The SMILES string of the molecule is COCCNC(=O)/C=C/c1ccccc1.COCCOCCOCCOCCN.O=C(Cl)/C=C/c1ccccc1. The molecule has 0 radical (unpaired) electrons.